The van der Waals surface area contributed by atoms with Gasteiger partial charge in [-0.3, -0.25) is 4.79 Å². The number of aromatic nitrogens is 1. The first-order valence-corrected chi connectivity index (χ1v) is 7.82. The number of anilines is 1. The maximum atomic E-state index is 12.0. The van der Waals surface area contributed by atoms with E-state index >= 15 is 0 Å². The number of carbonyl (C=O) groups excluding carboxylic acids is 1. The van der Waals surface area contributed by atoms with Gasteiger partial charge in [0, 0.05) is 31.6 Å². The predicted octanol–water partition coefficient (Wildman–Crippen LogP) is 2.07. The zero-order chi connectivity index (χ0) is 16.2. The molecule has 2 heterocycles. The van der Waals surface area contributed by atoms with Gasteiger partial charge in [-0.2, -0.15) is 13.2 Å². The quantitative estimate of drug-likeness (QED) is 0.844. The summed E-state index contributed by atoms with van der Waals surface area (Å²) in [4.78, 5) is 20.0. The third-order valence-corrected chi connectivity index (χ3v) is 4.24. The number of hydrogen-bond donors (Lipinski definition) is 0. The van der Waals surface area contributed by atoms with Crippen LogP contribution in [0.15, 0.2) is 5.38 Å². The van der Waals surface area contributed by atoms with Crippen molar-refractivity contribution in [3.8, 4) is 0 Å². The Labute approximate surface area is 130 Å². The lowest BCUT2D eigenvalue weighted by Gasteiger charge is -2.21. The summed E-state index contributed by atoms with van der Waals surface area (Å²) in [6, 6.07) is 0. The molecule has 0 aliphatic carbocycles. The van der Waals surface area contributed by atoms with Crippen LogP contribution in [0.2, 0.25) is 0 Å². The highest BCUT2D eigenvalue weighted by Crippen LogP contribution is 2.21. The van der Waals surface area contributed by atoms with E-state index in [1.54, 1.807) is 16.2 Å². The van der Waals surface area contributed by atoms with Gasteiger partial charge >= 0.3 is 6.18 Å². The number of thiazole rings is 1. The molecule has 0 aromatic carbocycles. The van der Waals surface area contributed by atoms with Gasteiger partial charge in [-0.25, -0.2) is 4.98 Å². The zero-order valence-electron chi connectivity index (χ0n) is 12.2. The van der Waals surface area contributed by atoms with Crippen LogP contribution in [0.5, 0.6) is 0 Å². The number of halogens is 3. The molecule has 1 aromatic heterocycles. The lowest BCUT2D eigenvalue weighted by atomic mass is 10.4. The molecule has 1 saturated heterocycles. The smallest absolute Gasteiger partial charge is 0.362 e. The van der Waals surface area contributed by atoms with E-state index in [0.717, 1.165) is 23.8 Å². The second-order valence-electron chi connectivity index (χ2n) is 5.10. The Kier molecular flexibility index (Phi) is 5.63. The molecular weight excluding hydrogens is 319 g/mol. The summed E-state index contributed by atoms with van der Waals surface area (Å²) in [5.41, 5.74) is 0.956. The summed E-state index contributed by atoms with van der Waals surface area (Å²) in [7, 11) is 0. The van der Waals surface area contributed by atoms with Gasteiger partial charge in [-0.1, -0.05) is 0 Å². The molecule has 0 saturated carbocycles. The molecule has 0 radical (unpaired) electrons. The lowest BCUT2D eigenvalue weighted by Crippen LogP contribution is -2.38. The number of nitrogens with zero attached hydrogens (tertiary/aromatic N) is 3. The van der Waals surface area contributed by atoms with Gasteiger partial charge in [0.1, 0.15) is 13.2 Å². The summed E-state index contributed by atoms with van der Waals surface area (Å²) < 4.78 is 40.4. The monoisotopic (exact) mass is 337 g/mol. The number of carbonyl (C=O) groups is 1. The van der Waals surface area contributed by atoms with Crippen LogP contribution >= 0.6 is 11.3 Å². The molecule has 1 aliphatic heterocycles. The Balaban J connectivity index is 1.81. The van der Waals surface area contributed by atoms with E-state index in [4.69, 9.17) is 0 Å². The Morgan fingerprint density at radius 1 is 1.36 bits per heavy atom. The van der Waals surface area contributed by atoms with Crippen molar-refractivity contribution < 1.29 is 22.7 Å². The highest BCUT2D eigenvalue weighted by atomic mass is 32.1. The van der Waals surface area contributed by atoms with E-state index in [1.165, 1.54) is 0 Å². The lowest BCUT2D eigenvalue weighted by molar-refractivity contribution is -0.177. The Bertz CT molecular complexity index is 507. The fraction of sp³-hybridized carbons (Fsp3) is 0.692. The van der Waals surface area contributed by atoms with Gasteiger partial charge in [0.2, 0.25) is 5.91 Å². The first-order valence-electron chi connectivity index (χ1n) is 6.94. The molecule has 0 spiro atoms. The van der Waals surface area contributed by atoms with Crippen molar-refractivity contribution in [1.29, 1.82) is 0 Å². The molecule has 1 amide bonds. The van der Waals surface area contributed by atoms with Crippen LogP contribution in [0.25, 0.3) is 0 Å². The fourth-order valence-electron chi connectivity index (χ4n) is 2.19. The minimum absolute atomic E-state index is 0.401. The van der Waals surface area contributed by atoms with Crippen molar-refractivity contribution in [2.45, 2.75) is 19.5 Å². The van der Waals surface area contributed by atoms with Crippen LogP contribution < -0.4 is 4.90 Å². The predicted molar refractivity (Wildman–Crippen MR) is 77.1 cm³/mol. The largest absolute Gasteiger partial charge is 0.411 e. The topological polar surface area (TPSA) is 45.7 Å². The number of ether oxygens (including phenoxy) is 1. The van der Waals surface area contributed by atoms with Crippen molar-refractivity contribution in [2.75, 3.05) is 44.3 Å². The second kappa shape index (κ2) is 7.28. The van der Waals surface area contributed by atoms with Crippen LogP contribution in [-0.2, 0) is 9.53 Å². The molecule has 0 N–H and O–H groups in total. The Morgan fingerprint density at radius 2 is 2.14 bits per heavy atom. The molecule has 1 aromatic rings. The van der Waals surface area contributed by atoms with Crippen LogP contribution in [0, 0.1) is 6.92 Å². The van der Waals surface area contributed by atoms with Gasteiger partial charge in [0.05, 0.1) is 5.69 Å². The summed E-state index contributed by atoms with van der Waals surface area (Å²) in [6.07, 6.45) is -3.65. The first-order chi connectivity index (χ1) is 10.3. The highest BCUT2D eigenvalue weighted by Gasteiger charge is 2.28. The minimum Gasteiger partial charge on any atom is -0.362 e. The van der Waals surface area contributed by atoms with E-state index in [9.17, 15) is 18.0 Å². The molecule has 0 unspecified atom stereocenters. The third kappa shape index (κ3) is 5.13. The van der Waals surface area contributed by atoms with Gasteiger partial charge in [0.25, 0.3) is 0 Å². The summed E-state index contributed by atoms with van der Waals surface area (Å²) in [5.74, 6) is -0.401. The minimum atomic E-state index is -4.40. The van der Waals surface area contributed by atoms with Crippen LogP contribution in [0.1, 0.15) is 12.1 Å². The SMILES string of the molecule is Cc1csc(N2CCCN(C(=O)COCC(F)(F)F)CC2)n1. The van der Waals surface area contributed by atoms with Crippen molar-refractivity contribution in [1.82, 2.24) is 9.88 Å². The third-order valence-electron chi connectivity index (χ3n) is 3.22. The van der Waals surface area contributed by atoms with Crippen LogP contribution in [-0.4, -0.2) is 61.4 Å². The second-order valence-corrected chi connectivity index (χ2v) is 5.94. The van der Waals surface area contributed by atoms with E-state index in [0.29, 0.717) is 19.6 Å². The van der Waals surface area contributed by atoms with Crippen LogP contribution in [0.3, 0.4) is 0 Å². The number of rotatable bonds is 4. The zero-order valence-corrected chi connectivity index (χ0v) is 13.0. The number of alkyl halides is 3. The Morgan fingerprint density at radius 3 is 2.77 bits per heavy atom. The van der Waals surface area contributed by atoms with Crippen LogP contribution in [0.4, 0.5) is 18.3 Å². The highest BCUT2D eigenvalue weighted by molar-refractivity contribution is 7.13. The number of hydrogen-bond acceptors (Lipinski definition) is 5. The summed E-state index contributed by atoms with van der Waals surface area (Å²) in [5, 5.41) is 2.88. The van der Waals surface area contributed by atoms with Crippen molar-refractivity contribution in [2.24, 2.45) is 0 Å². The standard InChI is InChI=1S/C13H18F3N3O2S/c1-10-8-22-12(17-10)19-4-2-3-18(5-6-19)11(20)7-21-9-13(14,15)16/h8H,2-7,9H2,1H3. The van der Waals surface area contributed by atoms with Gasteiger partial charge in [-0.05, 0) is 13.3 Å². The molecule has 1 fully saturated rings. The van der Waals surface area contributed by atoms with Gasteiger partial charge < -0.3 is 14.5 Å². The van der Waals surface area contributed by atoms with E-state index in [2.05, 4.69) is 14.6 Å². The average molecular weight is 337 g/mol. The number of amides is 1. The number of aryl methyl sites for hydroxylation is 1. The van der Waals surface area contributed by atoms with E-state index in [1.807, 2.05) is 12.3 Å². The van der Waals surface area contributed by atoms with E-state index in [-0.39, 0.29) is 0 Å². The fourth-order valence-corrected chi connectivity index (χ4v) is 3.05. The molecule has 2 rings (SSSR count). The summed E-state index contributed by atoms with van der Waals surface area (Å²) in [6.45, 7) is 2.39. The van der Waals surface area contributed by atoms with Crippen molar-refractivity contribution in [3.05, 3.63) is 11.1 Å². The average Bonchev–Trinajstić information content (AvgIpc) is 2.72. The molecule has 0 atom stereocenters. The summed E-state index contributed by atoms with van der Waals surface area (Å²) >= 11 is 1.55. The van der Waals surface area contributed by atoms with E-state index < -0.39 is 25.3 Å². The maximum absolute atomic E-state index is 12.0. The van der Waals surface area contributed by atoms with Crippen molar-refractivity contribution in [3.63, 3.8) is 0 Å². The molecule has 1 aliphatic rings. The molecule has 0 bridgehead atoms. The molecular formula is C13H18F3N3O2S. The van der Waals surface area contributed by atoms with Gasteiger partial charge in [0.15, 0.2) is 5.13 Å². The first kappa shape index (κ1) is 17.0. The van der Waals surface area contributed by atoms with Crippen molar-refractivity contribution >= 4 is 22.4 Å². The molecule has 124 valence electrons. The normalized spacial score (nSPS) is 16.7. The molecule has 22 heavy (non-hydrogen) atoms. The molecule has 5 nitrogen and oxygen atoms in total. The maximum Gasteiger partial charge on any atom is 0.411 e. The Hall–Kier alpha value is -1.35. The van der Waals surface area contributed by atoms with Gasteiger partial charge in [-0.15, -0.1) is 11.3 Å². The molecule has 9 heteroatoms.